The number of benzene rings is 1. The smallest absolute Gasteiger partial charge is 0.142 e. The quantitative estimate of drug-likeness (QED) is 0.802. The summed E-state index contributed by atoms with van der Waals surface area (Å²) in [6, 6.07) is 15.2. The lowest BCUT2D eigenvalue weighted by molar-refractivity contribution is 0.415. The minimum Gasteiger partial charge on any atom is -0.497 e. The van der Waals surface area contributed by atoms with Gasteiger partial charge < -0.3 is 10.5 Å². The molecule has 0 aliphatic carbocycles. The number of hydrogen-bond acceptors (Lipinski definition) is 5. The van der Waals surface area contributed by atoms with Crippen molar-refractivity contribution in [3.63, 3.8) is 0 Å². The van der Waals surface area contributed by atoms with Gasteiger partial charge in [-0.1, -0.05) is 12.1 Å². The van der Waals surface area contributed by atoms with Gasteiger partial charge in [0.2, 0.25) is 0 Å². The van der Waals surface area contributed by atoms with E-state index >= 15 is 0 Å². The van der Waals surface area contributed by atoms with Crippen molar-refractivity contribution >= 4 is 5.82 Å². The molecule has 2 heterocycles. The molecule has 0 unspecified atom stereocenters. The number of ether oxygens (including phenoxy) is 1. The van der Waals surface area contributed by atoms with Crippen molar-refractivity contribution in [2.75, 3.05) is 12.8 Å². The van der Waals surface area contributed by atoms with E-state index in [0.29, 0.717) is 11.3 Å². The second kappa shape index (κ2) is 6.16. The van der Waals surface area contributed by atoms with Gasteiger partial charge in [-0.05, 0) is 35.9 Å². The number of nitrogens with two attached hydrogens (primary N) is 1. The molecule has 0 amide bonds. The minimum absolute atomic E-state index is 0.208. The van der Waals surface area contributed by atoms with Gasteiger partial charge in [-0.25, -0.2) is 4.98 Å². The van der Waals surface area contributed by atoms with E-state index < -0.39 is 0 Å². The van der Waals surface area contributed by atoms with Crippen LogP contribution in [0.25, 0.3) is 22.4 Å². The summed E-state index contributed by atoms with van der Waals surface area (Å²) in [4.78, 5) is 8.37. The van der Waals surface area contributed by atoms with Crippen molar-refractivity contribution in [2.24, 2.45) is 0 Å². The van der Waals surface area contributed by atoms with Crippen molar-refractivity contribution in [2.45, 2.75) is 0 Å². The molecule has 3 aromatic rings. The highest BCUT2D eigenvalue weighted by Crippen LogP contribution is 2.31. The Balaban J connectivity index is 2.21. The van der Waals surface area contributed by atoms with Crippen LogP contribution in [0.1, 0.15) is 5.56 Å². The molecule has 0 saturated carbocycles. The molecule has 0 bridgehead atoms. The molecule has 0 saturated heterocycles. The second-order valence-corrected chi connectivity index (χ2v) is 4.89. The van der Waals surface area contributed by atoms with E-state index in [4.69, 9.17) is 10.5 Å². The Kier molecular flexibility index (Phi) is 3.89. The van der Waals surface area contributed by atoms with Gasteiger partial charge in [0.15, 0.2) is 0 Å². The molecule has 2 aromatic heterocycles. The van der Waals surface area contributed by atoms with Crippen LogP contribution in [0.4, 0.5) is 5.82 Å². The Labute approximate surface area is 134 Å². The van der Waals surface area contributed by atoms with Crippen LogP contribution in [-0.2, 0) is 0 Å². The predicted molar refractivity (Wildman–Crippen MR) is 88.6 cm³/mol. The molecule has 23 heavy (non-hydrogen) atoms. The van der Waals surface area contributed by atoms with Crippen molar-refractivity contribution < 1.29 is 4.74 Å². The fourth-order valence-corrected chi connectivity index (χ4v) is 2.37. The van der Waals surface area contributed by atoms with Crippen LogP contribution in [0, 0.1) is 11.3 Å². The Hall–Kier alpha value is -3.39. The first-order chi connectivity index (χ1) is 11.2. The number of pyridine rings is 2. The summed E-state index contributed by atoms with van der Waals surface area (Å²) in [5, 5.41) is 9.40. The van der Waals surface area contributed by atoms with Gasteiger partial charge in [0.1, 0.15) is 23.2 Å². The SMILES string of the molecule is COc1cccc(-c2cc(-c3ccncc3)c(C#N)c(N)n2)c1. The average Bonchev–Trinajstić information content (AvgIpc) is 2.61. The predicted octanol–water partition coefficient (Wildman–Crippen LogP) is 3.27. The monoisotopic (exact) mass is 302 g/mol. The number of anilines is 1. The molecule has 0 spiro atoms. The largest absolute Gasteiger partial charge is 0.497 e. The molecule has 3 rings (SSSR count). The Bertz CT molecular complexity index is 885. The van der Waals surface area contributed by atoms with E-state index in [2.05, 4.69) is 16.0 Å². The first kappa shape index (κ1) is 14.5. The highest BCUT2D eigenvalue weighted by atomic mass is 16.5. The number of nitrogen functional groups attached to an aromatic ring is 1. The number of rotatable bonds is 3. The highest BCUT2D eigenvalue weighted by Gasteiger charge is 2.13. The third kappa shape index (κ3) is 2.83. The summed E-state index contributed by atoms with van der Waals surface area (Å²) >= 11 is 0. The van der Waals surface area contributed by atoms with Crippen LogP contribution >= 0.6 is 0 Å². The molecule has 1 aromatic carbocycles. The van der Waals surface area contributed by atoms with Gasteiger partial charge >= 0.3 is 0 Å². The number of hydrogen-bond donors (Lipinski definition) is 1. The molecule has 0 radical (unpaired) electrons. The lowest BCUT2D eigenvalue weighted by Crippen LogP contribution is -2.00. The number of nitriles is 1. The molecule has 112 valence electrons. The van der Waals surface area contributed by atoms with E-state index in [9.17, 15) is 5.26 Å². The summed E-state index contributed by atoms with van der Waals surface area (Å²) in [5.74, 6) is 0.942. The molecule has 0 fully saturated rings. The molecular formula is C18H14N4O. The highest BCUT2D eigenvalue weighted by molar-refractivity contribution is 5.80. The molecule has 0 aliphatic heterocycles. The average molecular weight is 302 g/mol. The van der Waals surface area contributed by atoms with E-state index in [1.165, 1.54) is 0 Å². The van der Waals surface area contributed by atoms with Gasteiger partial charge in [0.05, 0.1) is 12.8 Å². The lowest BCUT2D eigenvalue weighted by atomic mass is 9.99. The van der Waals surface area contributed by atoms with Gasteiger partial charge in [0, 0.05) is 23.5 Å². The van der Waals surface area contributed by atoms with Gasteiger partial charge in [0.25, 0.3) is 0 Å². The number of nitrogens with zero attached hydrogens (tertiary/aromatic N) is 3. The molecule has 0 aliphatic rings. The molecule has 5 nitrogen and oxygen atoms in total. The fraction of sp³-hybridized carbons (Fsp3) is 0.0556. The normalized spacial score (nSPS) is 10.1. The second-order valence-electron chi connectivity index (χ2n) is 4.89. The van der Waals surface area contributed by atoms with Crippen molar-refractivity contribution in [1.29, 1.82) is 5.26 Å². The van der Waals surface area contributed by atoms with E-state index in [1.54, 1.807) is 19.5 Å². The number of methoxy groups -OCH3 is 1. The zero-order chi connectivity index (χ0) is 16.2. The van der Waals surface area contributed by atoms with Crippen LogP contribution in [0.2, 0.25) is 0 Å². The van der Waals surface area contributed by atoms with E-state index in [0.717, 1.165) is 22.4 Å². The molecule has 0 atom stereocenters. The van der Waals surface area contributed by atoms with Crippen LogP contribution in [0.15, 0.2) is 54.9 Å². The number of aromatic nitrogens is 2. The minimum atomic E-state index is 0.208. The van der Waals surface area contributed by atoms with Crippen molar-refractivity contribution in [3.8, 4) is 34.2 Å². The van der Waals surface area contributed by atoms with Crippen molar-refractivity contribution in [1.82, 2.24) is 9.97 Å². The van der Waals surface area contributed by atoms with Gasteiger partial charge in [-0.2, -0.15) is 5.26 Å². The van der Waals surface area contributed by atoms with Gasteiger partial charge in [-0.3, -0.25) is 4.98 Å². The summed E-state index contributed by atoms with van der Waals surface area (Å²) in [7, 11) is 1.61. The Morgan fingerprint density at radius 1 is 1.09 bits per heavy atom. The molecular weight excluding hydrogens is 288 g/mol. The topological polar surface area (TPSA) is 84.8 Å². The summed E-state index contributed by atoms with van der Waals surface area (Å²) in [6.45, 7) is 0. The van der Waals surface area contributed by atoms with Crippen LogP contribution in [0.3, 0.4) is 0 Å². The van der Waals surface area contributed by atoms with Crippen LogP contribution in [-0.4, -0.2) is 17.1 Å². The van der Waals surface area contributed by atoms with Crippen LogP contribution in [0.5, 0.6) is 5.75 Å². The van der Waals surface area contributed by atoms with E-state index in [1.807, 2.05) is 42.5 Å². The van der Waals surface area contributed by atoms with Gasteiger partial charge in [-0.15, -0.1) is 0 Å². The van der Waals surface area contributed by atoms with Crippen molar-refractivity contribution in [3.05, 3.63) is 60.4 Å². The third-order valence-electron chi connectivity index (χ3n) is 3.52. The maximum absolute atomic E-state index is 9.40. The maximum Gasteiger partial charge on any atom is 0.142 e. The summed E-state index contributed by atoms with van der Waals surface area (Å²) in [5.41, 5.74) is 9.53. The fourth-order valence-electron chi connectivity index (χ4n) is 2.37. The maximum atomic E-state index is 9.40. The lowest BCUT2D eigenvalue weighted by Gasteiger charge is -2.10. The first-order valence-electron chi connectivity index (χ1n) is 6.98. The summed E-state index contributed by atoms with van der Waals surface area (Å²) < 4.78 is 5.25. The van der Waals surface area contributed by atoms with E-state index in [-0.39, 0.29) is 5.82 Å². The Morgan fingerprint density at radius 2 is 1.87 bits per heavy atom. The third-order valence-corrected chi connectivity index (χ3v) is 3.52. The Morgan fingerprint density at radius 3 is 2.57 bits per heavy atom. The summed E-state index contributed by atoms with van der Waals surface area (Å²) in [6.07, 6.45) is 3.36. The zero-order valence-corrected chi connectivity index (χ0v) is 12.5. The standard InChI is InChI=1S/C18H14N4O/c1-23-14-4-2-3-13(9-14)17-10-15(12-5-7-21-8-6-12)16(11-19)18(20)22-17/h2-10H,1H3,(H2,20,22). The molecule has 5 heteroatoms. The molecule has 2 N–H and O–H groups in total. The zero-order valence-electron chi connectivity index (χ0n) is 12.5. The first-order valence-corrected chi connectivity index (χ1v) is 6.98. The van der Waals surface area contributed by atoms with Crippen LogP contribution < -0.4 is 10.5 Å².